The fraction of sp³-hybridized carbons (Fsp3) is 0.176. The third-order valence-corrected chi connectivity index (χ3v) is 3.85. The van der Waals surface area contributed by atoms with Crippen molar-refractivity contribution >= 4 is 22.6 Å². The van der Waals surface area contributed by atoms with Crippen LogP contribution < -0.4 is 0 Å². The predicted molar refractivity (Wildman–Crippen MR) is 89.0 cm³/mol. The zero-order valence-electron chi connectivity index (χ0n) is 12.4. The lowest BCUT2D eigenvalue weighted by atomic mass is 10.1. The van der Waals surface area contributed by atoms with Crippen LogP contribution in [0.5, 0.6) is 0 Å². The summed E-state index contributed by atoms with van der Waals surface area (Å²) in [6, 6.07) is 9.88. The Kier molecular flexibility index (Phi) is 3.44. The van der Waals surface area contributed by atoms with Crippen molar-refractivity contribution in [2.24, 2.45) is 9.98 Å². The van der Waals surface area contributed by atoms with E-state index in [0.717, 1.165) is 33.7 Å². The molecule has 0 saturated heterocycles. The van der Waals surface area contributed by atoms with Crippen LogP contribution >= 0.6 is 0 Å². The number of pyridine rings is 1. The van der Waals surface area contributed by atoms with Gasteiger partial charge >= 0.3 is 0 Å². The van der Waals surface area contributed by atoms with Crippen molar-refractivity contribution in [3.63, 3.8) is 0 Å². The van der Waals surface area contributed by atoms with E-state index in [1.807, 2.05) is 34.9 Å². The number of aromatic nitrogens is 3. The first kappa shape index (κ1) is 13.8. The number of imidazole rings is 1. The molecule has 0 radical (unpaired) electrons. The third kappa shape index (κ3) is 2.53. The number of aliphatic imine (C=N–C) groups is 2. The van der Waals surface area contributed by atoms with Crippen LogP contribution in [-0.4, -0.2) is 44.3 Å². The van der Waals surface area contributed by atoms with Gasteiger partial charge in [-0.05, 0) is 24.3 Å². The summed E-state index contributed by atoms with van der Waals surface area (Å²) in [6.07, 6.45) is 5.23. The van der Waals surface area contributed by atoms with E-state index in [2.05, 4.69) is 20.0 Å². The highest BCUT2D eigenvalue weighted by atomic mass is 16.3. The molecule has 0 amide bonds. The van der Waals surface area contributed by atoms with Crippen molar-refractivity contribution < 1.29 is 5.11 Å². The highest BCUT2D eigenvalue weighted by Crippen LogP contribution is 2.18. The van der Waals surface area contributed by atoms with E-state index in [1.165, 1.54) is 0 Å². The largest absolute Gasteiger partial charge is 0.395 e. The minimum Gasteiger partial charge on any atom is -0.395 e. The Bertz CT molecular complexity index is 911. The van der Waals surface area contributed by atoms with Crippen molar-refractivity contribution in [3.8, 4) is 0 Å². The van der Waals surface area contributed by atoms with E-state index in [0.29, 0.717) is 13.1 Å². The van der Waals surface area contributed by atoms with Crippen LogP contribution in [0.15, 0.2) is 59.0 Å². The maximum Gasteiger partial charge on any atom is 0.155 e. The van der Waals surface area contributed by atoms with Gasteiger partial charge in [0.1, 0.15) is 0 Å². The number of fused-ring (bicyclic) bond motifs is 1. The molecule has 6 heteroatoms. The van der Waals surface area contributed by atoms with Crippen LogP contribution in [0.2, 0.25) is 0 Å². The summed E-state index contributed by atoms with van der Waals surface area (Å²) in [4.78, 5) is 17.6. The smallest absolute Gasteiger partial charge is 0.155 e. The molecule has 0 unspecified atom stereocenters. The average Bonchev–Trinajstić information content (AvgIpc) is 3.23. The predicted octanol–water partition coefficient (Wildman–Crippen LogP) is 1.67. The van der Waals surface area contributed by atoms with Crippen LogP contribution in [0, 0.1) is 0 Å². The molecule has 2 aromatic heterocycles. The Hall–Kier alpha value is -2.86. The van der Waals surface area contributed by atoms with E-state index in [-0.39, 0.29) is 6.61 Å². The number of hydrogen-bond acceptors (Lipinski definition) is 5. The molecule has 1 aliphatic heterocycles. The zero-order chi connectivity index (χ0) is 15.6. The van der Waals surface area contributed by atoms with Crippen LogP contribution in [-0.2, 0) is 6.54 Å². The Balaban J connectivity index is 1.65. The Morgan fingerprint density at radius 3 is 2.78 bits per heavy atom. The first-order valence-electron chi connectivity index (χ1n) is 7.44. The first-order valence-corrected chi connectivity index (χ1v) is 7.44. The molecule has 0 bridgehead atoms. The lowest BCUT2D eigenvalue weighted by Gasteiger charge is -2.03. The molecule has 1 N–H and O–H groups in total. The minimum absolute atomic E-state index is 0.100. The number of nitrogens with zero attached hydrogens (tertiary/aromatic N) is 5. The highest BCUT2D eigenvalue weighted by molar-refractivity contribution is 6.17. The monoisotopic (exact) mass is 305 g/mol. The average molecular weight is 305 g/mol. The SMILES string of the molecule is OCCn1cnc2cc(C3=NC(c4ccncc4)=NC3)ccc21. The van der Waals surface area contributed by atoms with Crippen LogP contribution in [0.4, 0.5) is 0 Å². The molecule has 3 heterocycles. The number of amidine groups is 1. The molecule has 0 aliphatic carbocycles. The van der Waals surface area contributed by atoms with Gasteiger partial charge in [-0.3, -0.25) is 9.98 Å². The van der Waals surface area contributed by atoms with Gasteiger partial charge in [-0.2, -0.15) is 0 Å². The fourth-order valence-electron chi connectivity index (χ4n) is 2.69. The molecule has 23 heavy (non-hydrogen) atoms. The van der Waals surface area contributed by atoms with Crippen molar-refractivity contribution in [1.29, 1.82) is 0 Å². The van der Waals surface area contributed by atoms with Gasteiger partial charge in [0.05, 0.1) is 36.2 Å². The summed E-state index contributed by atoms with van der Waals surface area (Å²) < 4.78 is 1.94. The van der Waals surface area contributed by atoms with Crippen LogP contribution in [0.3, 0.4) is 0 Å². The van der Waals surface area contributed by atoms with E-state index in [1.54, 1.807) is 18.7 Å². The number of benzene rings is 1. The molecule has 0 atom stereocenters. The highest BCUT2D eigenvalue weighted by Gasteiger charge is 2.15. The van der Waals surface area contributed by atoms with E-state index < -0.39 is 0 Å². The second-order valence-electron chi connectivity index (χ2n) is 5.30. The van der Waals surface area contributed by atoms with Crippen molar-refractivity contribution in [3.05, 3.63) is 60.2 Å². The Labute approximate surface area is 132 Å². The quantitative estimate of drug-likeness (QED) is 0.796. The van der Waals surface area contributed by atoms with Crippen molar-refractivity contribution in [2.75, 3.05) is 13.2 Å². The number of hydrogen-bond donors (Lipinski definition) is 1. The van der Waals surface area contributed by atoms with Gasteiger partial charge in [-0.25, -0.2) is 9.98 Å². The van der Waals surface area contributed by atoms with Crippen LogP contribution in [0.25, 0.3) is 11.0 Å². The van der Waals surface area contributed by atoms with Crippen LogP contribution in [0.1, 0.15) is 11.1 Å². The molecule has 4 rings (SSSR count). The minimum atomic E-state index is 0.100. The summed E-state index contributed by atoms with van der Waals surface area (Å²) >= 11 is 0. The third-order valence-electron chi connectivity index (χ3n) is 3.85. The zero-order valence-corrected chi connectivity index (χ0v) is 12.4. The van der Waals surface area contributed by atoms with E-state index in [9.17, 15) is 0 Å². The Morgan fingerprint density at radius 1 is 1.09 bits per heavy atom. The standard InChI is InChI=1S/C17H15N5O/c23-8-7-22-11-20-14-9-13(1-2-16(14)22)15-10-19-17(21-15)12-3-5-18-6-4-12/h1-6,9,11,23H,7-8,10H2. The fourth-order valence-corrected chi connectivity index (χ4v) is 2.69. The first-order chi connectivity index (χ1) is 11.3. The van der Waals surface area contributed by atoms with Gasteiger partial charge in [-0.15, -0.1) is 0 Å². The lowest BCUT2D eigenvalue weighted by Crippen LogP contribution is -2.03. The van der Waals surface area contributed by atoms with Gasteiger partial charge < -0.3 is 9.67 Å². The van der Waals surface area contributed by atoms with Crippen molar-refractivity contribution in [1.82, 2.24) is 14.5 Å². The van der Waals surface area contributed by atoms with Gasteiger partial charge in [-0.1, -0.05) is 6.07 Å². The molecule has 3 aromatic rings. The summed E-state index contributed by atoms with van der Waals surface area (Å²) in [5.41, 5.74) is 4.85. The number of rotatable bonds is 4. The Morgan fingerprint density at radius 2 is 1.96 bits per heavy atom. The van der Waals surface area contributed by atoms with Crippen molar-refractivity contribution in [2.45, 2.75) is 6.54 Å². The van der Waals surface area contributed by atoms with E-state index in [4.69, 9.17) is 5.11 Å². The van der Waals surface area contributed by atoms with Gasteiger partial charge in [0, 0.05) is 30.1 Å². The molecule has 1 aliphatic rings. The second kappa shape index (κ2) is 5.73. The van der Waals surface area contributed by atoms with Gasteiger partial charge in [0.25, 0.3) is 0 Å². The summed E-state index contributed by atoms with van der Waals surface area (Å²) in [7, 11) is 0. The molecule has 0 fully saturated rings. The second-order valence-corrected chi connectivity index (χ2v) is 5.30. The number of aliphatic hydroxyl groups excluding tert-OH is 1. The number of aliphatic hydroxyl groups is 1. The van der Waals surface area contributed by atoms with Gasteiger partial charge in [0.2, 0.25) is 0 Å². The lowest BCUT2D eigenvalue weighted by molar-refractivity contribution is 0.278. The topological polar surface area (TPSA) is 75.7 Å². The summed E-state index contributed by atoms with van der Waals surface area (Å²) in [6.45, 7) is 1.22. The molecule has 0 spiro atoms. The maximum atomic E-state index is 9.07. The summed E-state index contributed by atoms with van der Waals surface area (Å²) in [5, 5.41) is 9.07. The molecule has 0 saturated carbocycles. The molecule has 6 nitrogen and oxygen atoms in total. The molecular weight excluding hydrogens is 290 g/mol. The molecular formula is C17H15N5O. The molecule has 1 aromatic carbocycles. The van der Waals surface area contributed by atoms with Gasteiger partial charge in [0.15, 0.2) is 5.84 Å². The molecule has 114 valence electrons. The maximum absolute atomic E-state index is 9.07. The normalized spacial score (nSPS) is 14.1. The summed E-state index contributed by atoms with van der Waals surface area (Å²) in [5.74, 6) is 0.744. The van der Waals surface area contributed by atoms with E-state index >= 15 is 0 Å².